The Kier molecular flexibility index (Phi) is 4.57. The maximum Gasteiger partial charge on any atom is -0.0146 e. The van der Waals surface area contributed by atoms with Crippen molar-refractivity contribution in [1.29, 1.82) is 0 Å². The van der Waals surface area contributed by atoms with Crippen molar-refractivity contribution in [2.45, 2.75) is 41.0 Å². The molecule has 0 aromatic heterocycles. The van der Waals surface area contributed by atoms with Crippen LogP contribution >= 0.6 is 0 Å². The number of benzene rings is 3. The molecule has 0 aliphatic carbocycles. The molecule has 0 aliphatic heterocycles. The molecule has 0 spiro atoms. The van der Waals surface area contributed by atoms with Gasteiger partial charge in [-0.3, -0.25) is 0 Å². The van der Waals surface area contributed by atoms with E-state index in [0.29, 0.717) is 0 Å². The van der Waals surface area contributed by atoms with Gasteiger partial charge in [0.15, 0.2) is 0 Å². The van der Waals surface area contributed by atoms with Gasteiger partial charge in [-0.2, -0.15) is 0 Å². The molecular formula is C24H26. The number of aryl methyl sites for hydroxylation is 4. The van der Waals surface area contributed by atoms with Crippen LogP contribution in [0, 0.1) is 27.7 Å². The number of rotatable bonds is 3. The Hall–Kier alpha value is -2.34. The minimum Gasteiger partial charge on any atom is -0.0612 e. The van der Waals surface area contributed by atoms with Gasteiger partial charge < -0.3 is 0 Å². The topological polar surface area (TPSA) is 0 Å². The fourth-order valence-electron chi connectivity index (χ4n) is 3.77. The van der Waals surface area contributed by atoms with Gasteiger partial charge in [-0.1, -0.05) is 83.8 Å². The van der Waals surface area contributed by atoms with Crippen molar-refractivity contribution >= 4 is 0 Å². The molecule has 3 rings (SSSR count). The zero-order valence-corrected chi connectivity index (χ0v) is 15.4. The third-order valence-electron chi connectivity index (χ3n) is 4.59. The second kappa shape index (κ2) is 6.65. The molecule has 0 aliphatic rings. The largest absolute Gasteiger partial charge is 0.0612 e. The predicted octanol–water partition coefficient (Wildman–Crippen LogP) is 6.82. The first-order valence-electron chi connectivity index (χ1n) is 8.77. The summed E-state index contributed by atoms with van der Waals surface area (Å²) >= 11 is 0. The SMILES string of the molecule is CCc1c(-c2cc(C)cc(C)c2)cccc1-c1cc(C)cc(C)c1. The van der Waals surface area contributed by atoms with Crippen LogP contribution < -0.4 is 0 Å². The molecule has 0 saturated carbocycles. The van der Waals surface area contributed by atoms with Crippen molar-refractivity contribution in [2.24, 2.45) is 0 Å². The molecule has 0 bridgehead atoms. The highest BCUT2D eigenvalue weighted by atomic mass is 14.2. The number of hydrogen-bond acceptors (Lipinski definition) is 0. The van der Waals surface area contributed by atoms with Crippen LogP contribution in [-0.2, 0) is 6.42 Å². The summed E-state index contributed by atoms with van der Waals surface area (Å²) in [7, 11) is 0. The van der Waals surface area contributed by atoms with E-state index in [1.54, 1.807) is 0 Å². The van der Waals surface area contributed by atoms with Crippen LogP contribution in [0.25, 0.3) is 22.3 Å². The van der Waals surface area contributed by atoms with E-state index in [-0.39, 0.29) is 0 Å². The fourth-order valence-corrected chi connectivity index (χ4v) is 3.77. The van der Waals surface area contributed by atoms with Crippen LogP contribution in [0.1, 0.15) is 34.7 Å². The van der Waals surface area contributed by atoms with Gasteiger partial charge in [-0.25, -0.2) is 0 Å². The maximum atomic E-state index is 2.30. The molecule has 3 aromatic rings. The average Bonchev–Trinajstić information content (AvgIpc) is 2.52. The van der Waals surface area contributed by atoms with Crippen LogP contribution in [0.4, 0.5) is 0 Å². The van der Waals surface area contributed by atoms with Crippen LogP contribution in [0.15, 0.2) is 54.6 Å². The van der Waals surface area contributed by atoms with Crippen molar-refractivity contribution in [3.8, 4) is 22.3 Å². The molecule has 0 heterocycles. The van der Waals surface area contributed by atoms with Crippen molar-refractivity contribution < 1.29 is 0 Å². The lowest BCUT2D eigenvalue weighted by Crippen LogP contribution is -1.94. The number of hydrogen-bond donors (Lipinski definition) is 0. The van der Waals surface area contributed by atoms with E-state index in [9.17, 15) is 0 Å². The van der Waals surface area contributed by atoms with Crippen molar-refractivity contribution in [1.82, 2.24) is 0 Å². The molecule has 0 unspecified atom stereocenters. The van der Waals surface area contributed by atoms with Gasteiger partial charge >= 0.3 is 0 Å². The normalized spacial score (nSPS) is 10.9. The quantitative estimate of drug-likeness (QED) is 0.497. The van der Waals surface area contributed by atoms with Gasteiger partial charge in [0, 0.05) is 0 Å². The fraction of sp³-hybridized carbons (Fsp3) is 0.250. The first-order chi connectivity index (χ1) is 11.5. The molecule has 122 valence electrons. The highest BCUT2D eigenvalue weighted by Gasteiger charge is 2.11. The summed E-state index contributed by atoms with van der Waals surface area (Å²) in [5.41, 5.74) is 12.1. The van der Waals surface area contributed by atoms with E-state index in [1.165, 1.54) is 50.1 Å². The summed E-state index contributed by atoms with van der Waals surface area (Å²) in [6.07, 6.45) is 1.03. The maximum absolute atomic E-state index is 2.30. The van der Waals surface area contributed by atoms with E-state index in [1.807, 2.05) is 0 Å². The zero-order chi connectivity index (χ0) is 17.3. The molecule has 0 N–H and O–H groups in total. The lowest BCUT2D eigenvalue weighted by Gasteiger charge is -2.16. The Bertz CT molecular complexity index is 774. The molecule has 0 fully saturated rings. The van der Waals surface area contributed by atoms with Gasteiger partial charge in [-0.05, 0) is 61.9 Å². The highest BCUT2D eigenvalue weighted by molar-refractivity contribution is 5.79. The van der Waals surface area contributed by atoms with Gasteiger partial charge in [-0.15, -0.1) is 0 Å². The third-order valence-corrected chi connectivity index (χ3v) is 4.59. The third kappa shape index (κ3) is 3.28. The van der Waals surface area contributed by atoms with Gasteiger partial charge in [0.2, 0.25) is 0 Å². The van der Waals surface area contributed by atoms with E-state index in [0.717, 1.165) is 6.42 Å². The molecule has 24 heavy (non-hydrogen) atoms. The lowest BCUT2D eigenvalue weighted by atomic mass is 9.88. The smallest absolute Gasteiger partial charge is 0.0146 e. The summed E-state index contributed by atoms with van der Waals surface area (Å²) in [4.78, 5) is 0. The standard InChI is InChI=1S/C24H26/c1-6-22-23(20-12-16(2)10-17(3)13-20)8-7-9-24(22)21-14-18(4)11-19(5)15-21/h7-15H,6H2,1-5H3. The Morgan fingerprint density at radius 1 is 0.583 bits per heavy atom. The Morgan fingerprint density at radius 3 is 1.29 bits per heavy atom. The average molecular weight is 314 g/mol. The molecule has 0 atom stereocenters. The molecular weight excluding hydrogens is 288 g/mol. The molecule has 0 radical (unpaired) electrons. The minimum atomic E-state index is 1.03. The summed E-state index contributed by atoms with van der Waals surface area (Å²) in [6.45, 7) is 11.0. The molecule has 0 heteroatoms. The highest BCUT2D eigenvalue weighted by Crippen LogP contribution is 2.34. The van der Waals surface area contributed by atoms with Gasteiger partial charge in [0.25, 0.3) is 0 Å². The minimum absolute atomic E-state index is 1.03. The van der Waals surface area contributed by atoms with E-state index < -0.39 is 0 Å². The van der Waals surface area contributed by atoms with Crippen LogP contribution in [0.5, 0.6) is 0 Å². The van der Waals surface area contributed by atoms with Crippen molar-refractivity contribution in [2.75, 3.05) is 0 Å². The molecule has 0 nitrogen and oxygen atoms in total. The second-order valence-electron chi connectivity index (χ2n) is 6.94. The van der Waals surface area contributed by atoms with Crippen LogP contribution in [0.3, 0.4) is 0 Å². The summed E-state index contributed by atoms with van der Waals surface area (Å²) in [5.74, 6) is 0. The Labute approximate surface area is 146 Å². The second-order valence-corrected chi connectivity index (χ2v) is 6.94. The van der Waals surface area contributed by atoms with E-state index in [4.69, 9.17) is 0 Å². The van der Waals surface area contributed by atoms with Crippen LogP contribution in [-0.4, -0.2) is 0 Å². The van der Waals surface area contributed by atoms with Crippen molar-refractivity contribution in [3.63, 3.8) is 0 Å². The van der Waals surface area contributed by atoms with Gasteiger partial charge in [0.05, 0.1) is 0 Å². The Morgan fingerprint density at radius 2 is 0.958 bits per heavy atom. The summed E-state index contributed by atoms with van der Waals surface area (Å²) in [5, 5.41) is 0. The lowest BCUT2D eigenvalue weighted by molar-refractivity contribution is 1.14. The Balaban J connectivity index is 2.23. The predicted molar refractivity (Wildman–Crippen MR) is 106 cm³/mol. The first kappa shape index (κ1) is 16.5. The molecule has 0 saturated heterocycles. The van der Waals surface area contributed by atoms with Crippen LogP contribution in [0.2, 0.25) is 0 Å². The van der Waals surface area contributed by atoms with E-state index in [2.05, 4.69) is 89.2 Å². The van der Waals surface area contributed by atoms with E-state index >= 15 is 0 Å². The summed E-state index contributed by atoms with van der Waals surface area (Å²) < 4.78 is 0. The monoisotopic (exact) mass is 314 g/mol. The van der Waals surface area contributed by atoms with Crippen molar-refractivity contribution in [3.05, 3.63) is 82.4 Å². The summed E-state index contributed by atoms with van der Waals surface area (Å²) in [6, 6.07) is 20.4. The molecule has 3 aromatic carbocycles. The zero-order valence-electron chi connectivity index (χ0n) is 15.4. The molecule has 0 amide bonds. The van der Waals surface area contributed by atoms with Gasteiger partial charge in [0.1, 0.15) is 0 Å². The first-order valence-corrected chi connectivity index (χ1v) is 8.77.